The molecule has 3 heterocycles. The maximum atomic E-state index is 11.0. The lowest BCUT2D eigenvalue weighted by atomic mass is 9.84. The Labute approximate surface area is 118 Å². The zero-order chi connectivity index (χ0) is 14.2. The van der Waals surface area contributed by atoms with Crippen LogP contribution in [0.2, 0.25) is 0 Å². The van der Waals surface area contributed by atoms with Crippen LogP contribution in [0.25, 0.3) is 0 Å². The van der Waals surface area contributed by atoms with Gasteiger partial charge < -0.3 is 19.5 Å². The van der Waals surface area contributed by atoms with E-state index in [0.29, 0.717) is 36.3 Å². The van der Waals surface area contributed by atoms with Crippen molar-refractivity contribution in [2.24, 2.45) is 0 Å². The molecule has 6 heteroatoms. The van der Waals surface area contributed by atoms with E-state index in [4.69, 9.17) is 9.47 Å². The second-order valence-electron chi connectivity index (χ2n) is 5.59. The summed E-state index contributed by atoms with van der Waals surface area (Å²) in [5.41, 5.74) is -0.414. The fourth-order valence-electron chi connectivity index (χ4n) is 3.37. The summed E-state index contributed by atoms with van der Waals surface area (Å²) in [6.07, 6.45) is 5.27. The van der Waals surface area contributed by atoms with Gasteiger partial charge in [-0.15, -0.1) is 0 Å². The van der Waals surface area contributed by atoms with Gasteiger partial charge in [0.25, 0.3) is 0 Å². The zero-order valence-corrected chi connectivity index (χ0v) is 12.0. The van der Waals surface area contributed by atoms with E-state index in [1.54, 1.807) is 7.11 Å². The Morgan fingerprint density at radius 1 is 1.35 bits per heavy atom. The van der Waals surface area contributed by atoms with Gasteiger partial charge in [0.05, 0.1) is 20.4 Å². The molecule has 20 heavy (non-hydrogen) atoms. The van der Waals surface area contributed by atoms with Crippen molar-refractivity contribution in [1.82, 2.24) is 14.9 Å². The summed E-state index contributed by atoms with van der Waals surface area (Å²) in [6.45, 7) is 2.05. The minimum absolute atomic E-state index is 0.360. The van der Waals surface area contributed by atoms with Crippen LogP contribution in [0.1, 0.15) is 31.4 Å². The van der Waals surface area contributed by atoms with Crippen molar-refractivity contribution in [2.45, 2.75) is 37.3 Å². The van der Waals surface area contributed by atoms with Crippen LogP contribution < -0.4 is 9.47 Å². The molecule has 0 amide bonds. The molecule has 0 spiro atoms. The molecule has 2 atom stereocenters. The Morgan fingerprint density at radius 2 is 2.20 bits per heavy atom. The summed E-state index contributed by atoms with van der Waals surface area (Å²) in [6, 6.07) is 0.447. The lowest BCUT2D eigenvalue weighted by Crippen LogP contribution is -2.46. The summed E-state index contributed by atoms with van der Waals surface area (Å²) in [5, 5.41) is 11.0. The Hall–Kier alpha value is -1.40. The van der Waals surface area contributed by atoms with E-state index in [2.05, 4.69) is 14.9 Å². The number of rotatable bonds is 3. The Bertz CT molecular complexity index is 497. The molecule has 6 nitrogen and oxygen atoms in total. The highest BCUT2D eigenvalue weighted by Gasteiger charge is 2.44. The van der Waals surface area contributed by atoms with Crippen LogP contribution >= 0.6 is 0 Å². The molecule has 0 saturated carbocycles. The second kappa shape index (κ2) is 5.18. The number of aromatic nitrogens is 2. The molecule has 0 bridgehead atoms. The van der Waals surface area contributed by atoms with Crippen molar-refractivity contribution in [2.75, 3.05) is 27.3 Å². The van der Waals surface area contributed by atoms with E-state index in [1.165, 1.54) is 19.7 Å². The number of ether oxygens (including phenoxy) is 2. The molecular formula is C14H21N3O3. The number of hydrogen-bond donors (Lipinski definition) is 1. The van der Waals surface area contributed by atoms with Gasteiger partial charge in [-0.25, -0.2) is 4.98 Å². The Balaban J connectivity index is 1.91. The average molecular weight is 279 g/mol. The van der Waals surface area contributed by atoms with E-state index in [-0.39, 0.29) is 0 Å². The number of aliphatic hydroxyl groups is 1. The number of methoxy groups -OCH3 is 2. The maximum absolute atomic E-state index is 11.0. The first-order valence-electron chi connectivity index (χ1n) is 7.08. The van der Waals surface area contributed by atoms with Crippen LogP contribution in [-0.4, -0.2) is 53.3 Å². The van der Waals surface area contributed by atoms with Crippen molar-refractivity contribution in [3.8, 4) is 11.8 Å². The Kier molecular flexibility index (Phi) is 3.52. The molecule has 1 N–H and O–H groups in total. The van der Waals surface area contributed by atoms with Gasteiger partial charge in [0.15, 0.2) is 0 Å². The van der Waals surface area contributed by atoms with Gasteiger partial charge in [-0.05, 0) is 32.2 Å². The van der Waals surface area contributed by atoms with E-state index >= 15 is 0 Å². The third-order valence-electron chi connectivity index (χ3n) is 4.45. The molecular weight excluding hydrogens is 258 g/mol. The van der Waals surface area contributed by atoms with Gasteiger partial charge in [0.2, 0.25) is 11.8 Å². The van der Waals surface area contributed by atoms with Gasteiger partial charge in [0, 0.05) is 12.6 Å². The van der Waals surface area contributed by atoms with Crippen LogP contribution in [0.3, 0.4) is 0 Å². The number of nitrogens with zero attached hydrogens (tertiary/aromatic N) is 3. The molecule has 1 aromatic heterocycles. The number of hydrogen-bond acceptors (Lipinski definition) is 6. The first kappa shape index (κ1) is 13.6. The van der Waals surface area contributed by atoms with Crippen LogP contribution in [0.5, 0.6) is 11.8 Å². The van der Waals surface area contributed by atoms with Gasteiger partial charge in [0.1, 0.15) is 11.3 Å². The average Bonchev–Trinajstić information content (AvgIpc) is 2.93. The molecule has 3 rings (SSSR count). The molecule has 0 aromatic carbocycles. The molecule has 0 radical (unpaired) electrons. The molecule has 110 valence electrons. The third-order valence-corrected chi connectivity index (χ3v) is 4.45. The maximum Gasteiger partial charge on any atom is 0.241 e. The van der Waals surface area contributed by atoms with Gasteiger partial charge in [-0.2, -0.15) is 4.98 Å². The predicted molar refractivity (Wildman–Crippen MR) is 72.9 cm³/mol. The standard InChI is InChI=1S/C14H21N3O3/c1-19-11-9-15-12(13(16-11)20-2)14(18)5-7-17-6-3-4-10(17)8-14/h9-10,18H,3-8H2,1-2H3. The Morgan fingerprint density at radius 3 is 2.95 bits per heavy atom. The highest BCUT2D eigenvalue weighted by atomic mass is 16.5. The van der Waals surface area contributed by atoms with Gasteiger partial charge in [-0.3, -0.25) is 0 Å². The molecule has 2 unspecified atom stereocenters. The first-order chi connectivity index (χ1) is 9.66. The summed E-state index contributed by atoms with van der Waals surface area (Å²) < 4.78 is 10.3. The molecule has 2 saturated heterocycles. The molecule has 0 aliphatic carbocycles. The van der Waals surface area contributed by atoms with Crippen LogP contribution in [-0.2, 0) is 5.60 Å². The minimum Gasteiger partial charge on any atom is -0.480 e. The van der Waals surface area contributed by atoms with E-state index in [0.717, 1.165) is 19.5 Å². The zero-order valence-electron chi connectivity index (χ0n) is 12.0. The van der Waals surface area contributed by atoms with E-state index in [1.807, 2.05) is 0 Å². The highest BCUT2D eigenvalue weighted by molar-refractivity contribution is 5.29. The van der Waals surface area contributed by atoms with Crippen LogP contribution in [0.15, 0.2) is 6.20 Å². The SMILES string of the molecule is COc1cnc(C2(O)CCN3CCCC3C2)c(OC)n1. The van der Waals surface area contributed by atoms with Crippen molar-refractivity contribution in [1.29, 1.82) is 0 Å². The highest BCUT2D eigenvalue weighted by Crippen LogP contribution is 2.41. The molecule has 2 aliphatic heterocycles. The minimum atomic E-state index is -0.948. The molecule has 2 aliphatic rings. The lowest BCUT2D eigenvalue weighted by Gasteiger charge is -2.40. The fraction of sp³-hybridized carbons (Fsp3) is 0.714. The fourth-order valence-corrected chi connectivity index (χ4v) is 3.37. The summed E-state index contributed by atoms with van der Waals surface area (Å²) in [4.78, 5) is 11.0. The predicted octanol–water partition coefficient (Wildman–Crippen LogP) is 0.940. The second-order valence-corrected chi connectivity index (χ2v) is 5.59. The van der Waals surface area contributed by atoms with E-state index in [9.17, 15) is 5.11 Å². The van der Waals surface area contributed by atoms with Crippen LogP contribution in [0, 0.1) is 0 Å². The normalized spacial score (nSPS) is 30.1. The molecule has 2 fully saturated rings. The van der Waals surface area contributed by atoms with E-state index < -0.39 is 5.60 Å². The summed E-state index contributed by atoms with van der Waals surface area (Å²) in [5.74, 6) is 0.755. The summed E-state index contributed by atoms with van der Waals surface area (Å²) in [7, 11) is 3.08. The largest absolute Gasteiger partial charge is 0.480 e. The van der Waals surface area contributed by atoms with Crippen molar-refractivity contribution < 1.29 is 14.6 Å². The van der Waals surface area contributed by atoms with Crippen molar-refractivity contribution >= 4 is 0 Å². The quantitative estimate of drug-likeness (QED) is 0.888. The summed E-state index contributed by atoms with van der Waals surface area (Å²) >= 11 is 0. The number of fused-ring (bicyclic) bond motifs is 1. The van der Waals surface area contributed by atoms with Crippen LogP contribution in [0.4, 0.5) is 0 Å². The van der Waals surface area contributed by atoms with Gasteiger partial charge in [-0.1, -0.05) is 0 Å². The monoisotopic (exact) mass is 279 g/mol. The molecule has 1 aromatic rings. The van der Waals surface area contributed by atoms with Crippen molar-refractivity contribution in [3.05, 3.63) is 11.9 Å². The number of piperidine rings is 1. The lowest BCUT2D eigenvalue weighted by molar-refractivity contribution is -0.0460. The smallest absolute Gasteiger partial charge is 0.241 e. The first-order valence-corrected chi connectivity index (χ1v) is 7.08. The van der Waals surface area contributed by atoms with Crippen molar-refractivity contribution in [3.63, 3.8) is 0 Å². The third kappa shape index (κ3) is 2.23. The topological polar surface area (TPSA) is 67.7 Å². The van der Waals surface area contributed by atoms with Gasteiger partial charge >= 0.3 is 0 Å².